The summed E-state index contributed by atoms with van der Waals surface area (Å²) in [7, 11) is 0. The van der Waals surface area contributed by atoms with Gasteiger partial charge in [-0.05, 0) is 67.2 Å². The molecular weight excluding hydrogens is 476 g/mol. The smallest absolute Gasteiger partial charge is 0.330 e. The van der Waals surface area contributed by atoms with Gasteiger partial charge < -0.3 is 10.1 Å². The van der Waals surface area contributed by atoms with Crippen LogP contribution in [0.5, 0.6) is 0 Å². The Morgan fingerprint density at radius 1 is 1.16 bits per heavy atom. The van der Waals surface area contributed by atoms with Crippen molar-refractivity contribution in [3.05, 3.63) is 28.2 Å². The predicted octanol–water partition coefficient (Wildman–Crippen LogP) is 3.55. The van der Waals surface area contributed by atoms with Crippen molar-refractivity contribution >= 4 is 45.3 Å². The average molecular weight is 505 g/mol. The largest absolute Gasteiger partial charge is 0.454 e. The van der Waals surface area contributed by atoms with Gasteiger partial charge in [0.05, 0.1) is 11.8 Å². The van der Waals surface area contributed by atoms with Crippen LogP contribution in [0.3, 0.4) is 0 Å². The number of ether oxygens (including phenoxy) is 1. The van der Waals surface area contributed by atoms with Crippen molar-refractivity contribution in [1.29, 1.82) is 0 Å². The molecule has 172 valence electrons. The zero-order valence-corrected chi connectivity index (χ0v) is 20.2. The lowest BCUT2D eigenvalue weighted by molar-refractivity contribution is -0.162. The second kappa shape index (κ2) is 8.96. The third-order valence-corrected chi connectivity index (χ3v) is 7.67. The van der Waals surface area contributed by atoms with Crippen LogP contribution in [0.25, 0.3) is 0 Å². The van der Waals surface area contributed by atoms with Crippen LogP contribution in [0.2, 0.25) is 0 Å². The maximum atomic E-state index is 13.1. The van der Waals surface area contributed by atoms with Crippen LogP contribution < -0.4 is 5.32 Å². The van der Waals surface area contributed by atoms with Crippen LogP contribution in [0.4, 0.5) is 5.69 Å². The number of benzene rings is 1. The molecule has 5 atom stereocenters. The quantitative estimate of drug-likeness (QED) is 0.452. The van der Waals surface area contributed by atoms with Crippen molar-refractivity contribution in [2.75, 3.05) is 11.9 Å². The molecule has 1 aromatic carbocycles. The van der Waals surface area contributed by atoms with Crippen LogP contribution in [0.1, 0.15) is 45.6 Å². The Morgan fingerprint density at radius 3 is 2.34 bits per heavy atom. The normalized spacial score (nSPS) is 27.1. The number of hydrogen-bond acceptors (Lipinski definition) is 5. The Morgan fingerprint density at radius 2 is 1.78 bits per heavy atom. The molecule has 3 amide bonds. The van der Waals surface area contributed by atoms with Crippen molar-refractivity contribution in [3.63, 3.8) is 0 Å². The Labute approximate surface area is 196 Å². The summed E-state index contributed by atoms with van der Waals surface area (Å²) >= 11 is 3.41. The van der Waals surface area contributed by atoms with Crippen LogP contribution >= 0.6 is 15.9 Å². The highest BCUT2D eigenvalue weighted by Crippen LogP contribution is 2.56. The number of imide groups is 1. The van der Waals surface area contributed by atoms with Gasteiger partial charge in [-0.1, -0.05) is 36.7 Å². The summed E-state index contributed by atoms with van der Waals surface area (Å²) in [6.45, 7) is 5.07. The summed E-state index contributed by atoms with van der Waals surface area (Å²) in [5, 5.41) is 2.77. The third kappa shape index (κ3) is 3.98. The van der Waals surface area contributed by atoms with E-state index in [9.17, 15) is 19.2 Å². The number of esters is 1. The summed E-state index contributed by atoms with van der Waals surface area (Å²) in [6.07, 6.45) is 3.62. The summed E-state index contributed by atoms with van der Waals surface area (Å²) in [5.74, 6) is -2.05. The molecule has 0 radical (unpaired) electrons. The van der Waals surface area contributed by atoms with E-state index in [4.69, 9.17) is 4.74 Å². The summed E-state index contributed by atoms with van der Waals surface area (Å²) in [5.41, 5.74) is 1.61. The third-order valence-electron chi connectivity index (χ3n) is 7.18. The summed E-state index contributed by atoms with van der Waals surface area (Å²) < 4.78 is 6.20. The van der Waals surface area contributed by atoms with Crippen LogP contribution in [0.15, 0.2) is 22.7 Å². The highest BCUT2D eigenvalue weighted by molar-refractivity contribution is 9.10. The van der Waals surface area contributed by atoms with E-state index >= 15 is 0 Å². The zero-order valence-electron chi connectivity index (χ0n) is 18.6. The van der Waals surface area contributed by atoms with Crippen molar-refractivity contribution in [2.45, 2.75) is 52.5 Å². The van der Waals surface area contributed by atoms with Crippen molar-refractivity contribution in [2.24, 2.45) is 29.6 Å². The molecule has 8 heteroatoms. The molecule has 0 unspecified atom stereocenters. The van der Waals surface area contributed by atoms with Gasteiger partial charge in [-0.3, -0.25) is 19.3 Å². The van der Waals surface area contributed by atoms with E-state index in [-0.39, 0.29) is 41.4 Å². The van der Waals surface area contributed by atoms with E-state index in [1.54, 1.807) is 19.9 Å². The molecule has 0 spiro atoms. The fraction of sp³-hybridized carbons (Fsp3) is 0.583. The van der Waals surface area contributed by atoms with Crippen molar-refractivity contribution in [1.82, 2.24) is 4.90 Å². The number of amides is 3. The van der Waals surface area contributed by atoms with Crippen LogP contribution in [0, 0.1) is 29.6 Å². The summed E-state index contributed by atoms with van der Waals surface area (Å²) in [4.78, 5) is 52.8. The fourth-order valence-corrected chi connectivity index (χ4v) is 6.18. The number of anilines is 1. The first kappa shape index (κ1) is 23.0. The van der Waals surface area contributed by atoms with Gasteiger partial charge in [0, 0.05) is 10.2 Å². The average Bonchev–Trinajstić information content (AvgIpc) is 3.43. The van der Waals surface area contributed by atoms with E-state index in [2.05, 4.69) is 21.2 Å². The van der Waals surface area contributed by atoms with E-state index in [1.165, 1.54) is 0 Å². The minimum absolute atomic E-state index is 0.241. The second-order valence-corrected chi connectivity index (χ2v) is 10.3. The number of carbonyl (C=O) groups is 4. The molecule has 1 saturated heterocycles. The van der Waals surface area contributed by atoms with Crippen LogP contribution in [-0.4, -0.2) is 41.2 Å². The van der Waals surface area contributed by atoms with Crippen molar-refractivity contribution in [3.8, 4) is 0 Å². The molecular formula is C24H29BrN2O5. The molecule has 32 heavy (non-hydrogen) atoms. The molecule has 7 nitrogen and oxygen atoms in total. The maximum Gasteiger partial charge on any atom is 0.330 e. The highest BCUT2D eigenvalue weighted by atomic mass is 79.9. The second-order valence-electron chi connectivity index (χ2n) is 9.43. The van der Waals surface area contributed by atoms with E-state index in [0.29, 0.717) is 5.69 Å². The molecule has 0 aromatic heterocycles. The van der Waals surface area contributed by atoms with Gasteiger partial charge in [-0.2, -0.15) is 0 Å². The first-order valence-corrected chi connectivity index (χ1v) is 12.1. The number of nitrogens with zero attached hydrogens (tertiary/aromatic N) is 1. The number of halogens is 1. The minimum Gasteiger partial charge on any atom is -0.454 e. The number of rotatable bonds is 7. The van der Waals surface area contributed by atoms with Gasteiger partial charge >= 0.3 is 5.97 Å². The summed E-state index contributed by atoms with van der Waals surface area (Å²) in [6, 6.07) is 4.52. The van der Waals surface area contributed by atoms with E-state index in [1.807, 2.05) is 19.1 Å². The molecule has 2 bridgehead atoms. The van der Waals surface area contributed by atoms with E-state index < -0.39 is 24.5 Å². The number of aryl methyl sites for hydroxylation is 1. The Bertz CT molecular complexity index is 934. The molecule has 3 aliphatic rings. The Kier molecular flexibility index (Phi) is 6.43. The van der Waals surface area contributed by atoms with Gasteiger partial charge in [-0.15, -0.1) is 0 Å². The predicted molar refractivity (Wildman–Crippen MR) is 121 cm³/mol. The molecule has 3 fully saturated rings. The van der Waals surface area contributed by atoms with Crippen LogP contribution in [-0.2, 0) is 30.3 Å². The lowest BCUT2D eigenvalue weighted by Gasteiger charge is -2.28. The SMILES string of the molecule is CCc1cc(Br)ccc1NC(=O)COC(=O)[C@H](C(C)C)N1C(=O)[C@H]2[C@H]3CC[C@@H](C3)[C@@H]2C1=O. The molecule has 1 N–H and O–H groups in total. The van der Waals surface area contributed by atoms with Crippen molar-refractivity contribution < 1.29 is 23.9 Å². The van der Waals surface area contributed by atoms with E-state index in [0.717, 1.165) is 40.6 Å². The van der Waals surface area contributed by atoms with Gasteiger partial charge in [0.25, 0.3) is 5.91 Å². The van der Waals surface area contributed by atoms with Gasteiger partial charge in [0.2, 0.25) is 11.8 Å². The number of carbonyl (C=O) groups excluding carboxylic acids is 4. The molecule has 1 heterocycles. The lowest BCUT2D eigenvalue weighted by atomic mass is 9.81. The lowest BCUT2D eigenvalue weighted by Crippen LogP contribution is -2.50. The number of fused-ring (bicyclic) bond motifs is 5. The Balaban J connectivity index is 1.42. The molecule has 2 aliphatic carbocycles. The molecule has 2 saturated carbocycles. The van der Waals surface area contributed by atoms with Gasteiger partial charge in [-0.25, -0.2) is 4.79 Å². The van der Waals surface area contributed by atoms with Gasteiger partial charge in [0.15, 0.2) is 6.61 Å². The topological polar surface area (TPSA) is 92.8 Å². The van der Waals surface area contributed by atoms with Gasteiger partial charge in [0.1, 0.15) is 6.04 Å². The Hall–Kier alpha value is -2.22. The number of likely N-dealkylation sites (tertiary alicyclic amines) is 1. The highest BCUT2D eigenvalue weighted by Gasteiger charge is 2.62. The maximum absolute atomic E-state index is 13.1. The minimum atomic E-state index is -1.01. The zero-order chi connectivity index (χ0) is 23.2. The first-order valence-electron chi connectivity index (χ1n) is 11.3. The monoisotopic (exact) mass is 504 g/mol. The molecule has 1 aromatic rings. The molecule has 1 aliphatic heterocycles. The fourth-order valence-electron chi connectivity index (χ4n) is 5.77. The molecule has 4 rings (SSSR count). The standard InChI is InChI=1S/C24H29BrN2O5/c1-4-13-10-16(25)7-8-17(13)26-18(28)11-32-24(31)21(12(2)3)27-22(29)19-14-5-6-15(9-14)20(19)23(27)30/h7-8,10,12,14-15,19-21H,4-6,9,11H2,1-3H3,(H,26,28)/t14-,15-,19-,20-,21-/m0/s1. The first-order chi connectivity index (χ1) is 15.2. The number of nitrogens with one attached hydrogen (secondary N) is 1. The number of hydrogen-bond donors (Lipinski definition) is 1.